The van der Waals surface area contributed by atoms with Crippen LogP contribution in [0.1, 0.15) is 84.0 Å². The number of nitrogens with zero attached hydrogens (tertiary/aromatic N) is 1. The van der Waals surface area contributed by atoms with E-state index in [1.165, 1.54) is 52.7 Å². The summed E-state index contributed by atoms with van der Waals surface area (Å²) in [6.07, 6.45) is 13.3. The average Bonchev–Trinajstić information content (AvgIpc) is 3.24. The van der Waals surface area contributed by atoms with E-state index in [9.17, 15) is 14.3 Å². The molecular formula is C32H38FNO2. The lowest BCUT2D eigenvalue weighted by Gasteiger charge is -2.39. The van der Waals surface area contributed by atoms with Crippen molar-refractivity contribution in [2.45, 2.75) is 64.2 Å². The minimum absolute atomic E-state index is 0.224. The fourth-order valence-corrected chi connectivity index (χ4v) is 6.27. The number of likely N-dealkylation sites (tertiary alicyclic amines) is 1. The van der Waals surface area contributed by atoms with Gasteiger partial charge in [0.05, 0.1) is 12.2 Å². The van der Waals surface area contributed by atoms with Gasteiger partial charge < -0.3 is 10.0 Å². The largest absolute Gasteiger partial charge is 0.478 e. The Morgan fingerprint density at radius 1 is 0.972 bits per heavy atom. The zero-order valence-corrected chi connectivity index (χ0v) is 21.3. The van der Waals surface area contributed by atoms with Crippen molar-refractivity contribution in [2.75, 3.05) is 26.3 Å². The monoisotopic (exact) mass is 487 g/mol. The molecule has 0 amide bonds. The zero-order chi connectivity index (χ0) is 24.9. The van der Waals surface area contributed by atoms with E-state index in [1.54, 1.807) is 6.07 Å². The molecule has 1 saturated heterocycles. The van der Waals surface area contributed by atoms with Crippen LogP contribution in [0.15, 0.2) is 59.7 Å². The smallest absolute Gasteiger partial charge is 0.335 e. The lowest BCUT2D eigenvalue weighted by Crippen LogP contribution is -2.47. The van der Waals surface area contributed by atoms with E-state index in [-0.39, 0.29) is 6.67 Å². The summed E-state index contributed by atoms with van der Waals surface area (Å²) in [5.41, 5.74) is 9.61. The summed E-state index contributed by atoms with van der Waals surface area (Å²) in [7, 11) is 0. The molecule has 2 aromatic rings. The molecule has 5 rings (SSSR count). The van der Waals surface area contributed by atoms with Gasteiger partial charge in [0.15, 0.2) is 0 Å². The quantitative estimate of drug-likeness (QED) is 0.426. The predicted octanol–water partition coefficient (Wildman–Crippen LogP) is 7.25. The van der Waals surface area contributed by atoms with E-state index >= 15 is 0 Å². The number of alkyl halides is 1. The number of allylic oxidation sites excluding steroid dienone is 3. The summed E-state index contributed by atoms with van der Waals surface area (Å²) in [4.78, 5) is 14.0. The topological polar surface area (TPSA) is 40.5 Å². The Morgan fingerprint density at radius 3 is 2.58 bits per heavy atom. The van der Waals surface area contributed by atoms with Gasteiger partial charge in [-0.3, -0.25) is 4.39 Å². The molecule has 1 heterocycles. The standard InChI is InChI=1S/C32H38FNO2/c33-17-6-18-34-21-24(22-34)19-23-11-13-26(14-12-23)31-29(25-7-3-1-2-4-8-25)10-5-9-27-20-28(32(35)36)15-16-30(27)31/h7,11-16,20,24H,1-6,8-10,17-19,21-22H2,(H,35,36). The highest BCUT2D eigenvalue weighted by molar-refractivity contribution is 5.91. The van der Waals surface area contributed by atoms with E-state index in [0.717, 1.165) is 63.7 Å². The molecule has 2 aromatic carbocycles. The minimum atomic E-state index is -0.858. The van der Waals surface area contributed by atoms with Crippen molar-refractivity contribution in [1.82, 2.24) is 4.90 Å². The van der Waals surface area contributed by atoms with Gasteiger partial charge in [-0.15, -0.1) is 0 Å². The second-order valence-corrected chi connectivity index (χ2v) is 10.8. The highest BCUT2D eigenvalue weighted by Crippen LogP contribution is 2.40. The second kappa shape index (κ2) is 11.6. The molecular weight excluding hydrogens is 449 g/mol. The molecule has 4 heteroatoms. The fourth-order valence-electron chi connectivity index (χ4n) is 6.27. The van der Waals surface area contributed by atoms with Crippen molar-refractivity contribution in [3.8, 4) is 0 Å². The molecule has 1 fully saturated rings. The summed E-state index contributed by atoms with van der Waals surface area (Å²) in [6.45, 7) is 2.80. The molecule has 0 bridgehead atoms. The summed E-state index contributed by atoms with van der Waals surface area (Å²) < 4.78 is 12.4. The third-order valence-electron chi connectivity index (χ3n) is 8.13. The number of hydrogen-bond donors (Lipinski definition) is 1. The highest BCUT2D eigenvalue weighted by Gasteiger charge is 2.26. The minimum Gasteiger partial charge on any atom is -0.478 e. The molecule has 1 N–H and O–H groups in total. The number of benzene rings is 2. The Balaban J connectivity index is 1.45. The molecule has 2 aliphatic carbocycles. The van der Waals surface area contributed by atoms with Crippen molar-refractivity contribution < 1.29 is 14.3 Å². The second-order valence-electron chi connectivity index (χ2n) is 10.8. The first kappa shape index (κ1) is 25.0. The summed E-state index contributed by atoms with van der Waals surface area (Å²) in [5, 5.41) is 9.57. The van der Waals surface area contributed by atoms with E-state index in [0.29, 0.717) is 17.9 Å². The van der Waals surface area contributed by atoms with Crippen LogP contribution in [0.25, 0.3) is 5.57 Å². The van der Waals surface area contributed by atoms with E-state index in [1.807, 2.05) is 12.1 Å². The van der Waals surface area contributed by atoms with Crippen molar-refractivity contribution in [3.05, 3.63) is 87.5 Å². The summed E-state index contributed by atoms with van der Waals surface area (Å²) in [6, 6.07) is 14.8. The van der Waals surface area contributed by atoms with Gasteiger partial charge >= 0.3 is 5.97 Å². The van der Waals surface area contributed by atoms with Gasteiger partial charge in [0.25, 0.3) is 0 Å². The Morgan fingerprint density at radius 2 is 1.81 bits per heavy atom. The molecule has 3 aliphatic rings. The third kappa shape index (κ3) is 5.64. The van der Waals surface area contributed by atoms with E-state index in [4.69, 9.17) is 0 Å². The molecule has 3 nitrogen and oxygen atoms in total. The van der Waals surface area contributed by atoms with Gasteiger partial charge in [-0.1, -0.05) is 42.8 Å². The highest BCUT2D eigenvalue weighted by atomic mass is 19.1. The Hall–Kier alpha value is -2.72. The van der Waals surface area contributed by atoms with E-state index < -0.39 is 5.97 Å². The van der Waals surface area contributed by atoms with Crippen LogP contribution in [0.5, 0.6) is 0 Å². The van der Waals surface area contributed by atoms with Crippen molar-refractivity contribution >= 4 is 11.5 Å². The molecule has 0 saturated carbocycles. The number of carboxylic acids is 1. The number of hydrogen-bond acceptors (Lipinski definition) is 2. The molecule has 1 aliphatic heterocycles. The lowest BCUT2D eigenvalue weighted by atomic mass is 9.85. The average molecular weight is 488 g/mol. The summed E-state index contributed by atoms with van der Waals surface area (Å²) in [5.74, 6) is -0.197. The maximum absolute atomic E-state index is 12.4. The first-order chi connectivity index (χ1) is 17.6. The van der Waals surface area contributed by atoms with Crippen molar-refractivity contribution in [2.24, 2.45) is 5.92 Å². The van der Waals surface area contributed by atoms with Crippen LogP contribution >= 0.6 is 0 Å². The van der Waals surface area contributed by atoms with Gasteiger partial charge in [-0.25, -0.2) is 4.79 Å². The number of carboxylic acid groups (broad SMARTS) is 1. The number of halogens is 1. The Bertz CT molecular complexity index is 1140. The molecule has 190 valence electrons. The number of aromatic carboxylic acids is 1. The maximum atomic E-state index is 12.4. The zero-order valence-electron chi connectivity index (χ0n) is 21.3. The summed E-state index contributed by atoms with van der Waals surface area (Å²) >= 11 is 0. The number of rotatable bonds is 8. The fraction of sp³-hybridized carbons (Fsp3) is 0.469. The van der Waals surface area contributed by atoms with Crippen LogP contribution < -0.4 is 0 Å². The van der Waals surface area contributed by atoms with Gasteiger partial charge in [0.2, 0.25) is 0 Å². The van der Waals surface area contributed by atoms with Gasteiger partial charge in [-0.05, 0) is 115 Å². The lowest BCUT2D eigenvalue weighted by molar-refractivity contribution is 0.0696. The predicted molar refractivity (Wildman–Crippen MR) is 144 cm³/mol. The Kier molecular flexibility index (Phi) is 8.01. The first-order valence-corrected chi connectivity index (χ1v) is 13.8. The van der Waals surface area contributed by atoms with Gasteiger partial charge in [0.1, 0.15) is 0 Å². The maximum Gasteiger partial charge on any atom is 0.335 e. The number of carbonyl (C=O) groups is 1. The third-order valence-corrected chi connectivity index (χ3v) is 8.13. The van der Waals surface area contributed by atoms with Gasteiger partial charge in [0, 0.05) is 19.6 Å². The SMILES string of the molecule is O=C(O)c1ccc2c(c1)CCCC(C1=CCCCCC1)=C2c1ccc(CC2CN(CCCF)C2)cc1. The Labute approximate surface area is 214 Å². The molecule has 36 heavy (non-hydrogen) atoms. The van der Waals surface area contributed by atoms with Crippen LogP contribution in [-0.4, -0.2) is 42.3 Å². The van der Waals surface area contributed by atoms with Crippen molar-refractivity contribution in [1.29, 1.82) is 0 Å². The molecule has 0 radical (unpaired) electrons. The number of aryl methyl sites for hydroxylation is 1. The van der Waals surface area contributed by atoms with Crippen LogP contribution in [0, 0.1) is 5.92 Å². The molecule has 0 aromatic heterocycles. The molecule has 0 unspecified atom stereocenters. The molecule has 0 spiro atoms. The van der Waals surface area contributed by atoms with Crippen LogP contribution in [0.3, 0.4) is 0 Å². The van der Waals surface area contributed by atoms with Crippen molar-refractivity contribution in [3.63, 3.8) is 0 Å². The normalized spacial score (nSPS) is 19.2. The molecule has 0 atom stereocenters. The van der Waals surface area contributed by atoms with Crippen LogP contribution in [0.4, 0.5) is 4.39 Å². The van der Waals surface area contributed by atoms with Crippen LogP contribution in [-0.2, 0) is 12.8 Å². The first-order valence-electron chi connectivity index (χ1n) is 13.8. The number of fused-ring (bicyclic) bond motifs is 1. The van der Waals surface area contributed by atoms with Crippen LogP contribution in [0.2, 0.25) is 0 Å². The van der Waals surface area contributed by atoms with Gasteiger partial charge in [-0.2, -0.15) is 0 Å². The van der Waals surface area contributed by atoms with E-state index in [2.05, 4.69) is 35.2 Å².